The van der Waals surface area contributed by atoms with E-state index in [1.54, 1.807) is 6.07 Å². The van der Waals surface area contributed by atoms with Crippen molar-refractivity contribution in [1.29, 1.82) is 5.26 Å². The van der Waals surface area contributed by atoms with E-state index in [1.807, 2.05) is 0 Å². The molecule has 2 rings (SSSR count). The number of aromatic nitrogens is 2. The van der Waals surface area contributed by atoms with Gasteiger partial charge in [-0.15, -0.1) is 0 Å². The first-order valence-corrected chi connectivity index (χ1v) is 5.00. The molecule has 0 saturated heterocycles. The molecule has 0 aliphatic carbocycles. The van der Waals surface area contributed by atoms with Gasteiger partial charge in [0, 0.05) is 6.20 Å². The lowest BCUT2D eigenvalue weighted by atomic mass is 10.3. The molecule has 0 spiro atoms. The number of oxazole rings is 1. The van der Waals surface area contributed by atoms with Crippen LogP contribution in [0.1, 0.15) is 21.8 Å². The molecule has 0 unspecified atom stereocenters. The first-order valence-electron chi connectivity index (χ1n) is 5.00. The quantitative estimate of drug-likeness (QED) is 0.907. The minimum atomic E-state index is -4.96. The van der Waals surface area contributed by atoms with Gasteiger partial charge in [0.2, 0.25) is 11.7 Å². The highest BCUT2D eigenvalue weighted by molar-refractivity contribution is 5.86. The molecule has 20 heavy (non-hydrogen) atoms. The third-order valence-corrected chi connectivity index (χ3v) is 2.20. The molecule has 2 aromatic heterocycles. The molecule has 0 bridgehead atoms. The molecule has 0 aliphatic heterocycles. The second kappa shape index (κ2) is 4.65. The predicted octanol–water partition coefficient (Wildman–Crippen LogP) is 2.33. The number of carbonyl (C=O) groups is 1. The van der Waals surface area contributed by atoms with Crippen LogP contribution in [0.25, 0.3) is 11.6 Å². The van der Waals surface area contributed by atoms with Crippen molar-refractivity contribution in [2.24, 2.45) is 0 Å². The van der Waals surface area contributed by atoms with E-state index < -0.39 is 29.5 Å². The average Bonchev–Trinajstić information content (AvgIpc) is 2.84. The number of hydrogen-bond acceptors (Lipinski definition) is 5. The lowest BCUT2D eigenvalue weighted by Gasteiger charge is -2.00. The van der Waals surface area contributed by atoms with Gasteiger partial charge < -0.3 is 9.52 Å². The van der Waals surface area contributed by atoms with Crippen LogP contribution in [0.2, 0.25) is 0 Å². The summed E-state index contributed by atoms with van der Waals surface area (Å²) < 4.78 is 42.4. The van der Waals surface area contributed by atoms with Crippen LogP contribution in [0, 0.1) is 11.3 Å². The number of alkyl halides is 3. The first kappa shape index (κ1) is 13.5. The fourth-order valence-corrected chi connectivity index (χ4v) is 1.35. The van der Waals surface area contributed by atoms with Crippen molar-refractivity contribution < 1.29 is 27.5 Å². The Labute approximate surface area is 109 Å². The molecule has 0 saturated carbocycles. The predicted molar refractivity (Wildman–Crippen MR) is 56.4 cm³/mol. The fraction of sp³-hybridized carbons (Fsp3) is 0.0909. The number of rotatable bonds is 2. The summed E-state index contributed by atoms with van der Waals surface area (Å²) in [6.45, 7) is 0. The maximum absolute atomic E-state index is 12.6. The number of carboxylic acid groups (broad SMARTS) is 1. The molecule has 2 heterocycles. The summed E-state index contributed by atoms with van der Waals surface area (Å²) in [5, 5.41) is 17.2. The molecule has 9 heteroatoms. The fourth-order valence-electron chi connectivity index (χ4n) is 1.35. The van der Waals surface area contributed by atoms with E-state index in [9.17, 15) is 18.0 Å². The lowest BCUT2D eigenvalue weighted by Crippen LogP contribution is -2.11. The Hall–Kier alpha value is -2.89. The van der Waals surface area contributed by atoms with Crippen LogP contribution >= 0.6 is 0 Å². The number of aromatic carboxylic acids is 1. The minimum Gasteiger partial charge on any atom is -0.475 e. The van der Waals surface area contributed by atoms with E-state index >= 15 is 0 Å². The molecule has 0 aliphatic rings. The van der Waals surface area contributed by atoms with Gasteiger partial charge in [-0.05, 0) is 12.1 Å². The molecule has 0 radical (unpaired) electrons. The van der Waals surface area contributed by atoms with E-state index in [-0.39, 0.29) is 11.3 Å². The maximum atomic E-state index is 12.6. The zero-order valence-electron chi connectivity index (χ0n) is 9.47. The first-order chi connectivity index (χ1) is 9.32. The smallest absolute Gasteiger partial charge is 0.437 e. The van der Waals surface area contributed by atoms with Crippen LogP contribution in [0.15, 0.2) is 22.7 Å². The number of pyridine rings is 1. The van der Waals surface area contributed by atoms with Crippen LogP contribution in [0.5, 0.6) is 0 Å². The Morgan fingerprint density at radius 2 is 2.10 bits per heavy atom. The van der Waals surface area contributed by atoms with Crippen molar-refractivity contribution in [3.05, 3.63) is 35.3 Å². The summed E-state index contributed by atoms with van der Waals surface area (Å²) in [6.07, 6.45) is -3.85. The monoisotopic (exact) mass is 283 g/mol. The number of hydrogen-bond donors (Lipinski definition) is 1. The van der Waals surface area contributed by atoms with Crippen molar-refractivity contribution in [1.82, 2.24) is 9.97 Å². The summed E-state index contributed by atoms with van der Waals surface area (Å²) >= 11 is 0. The van der Waals surface area contributed by atoms with Crippen molar-refractivity contribution in [2.45, 2.75) is 6.18 Å². The molecule has 0 atom stereocenters. The van der Waals surface area contributed by atoms with Crippen molar-refractivity contribution in [3.8, 4) is 17.7 Å². The van der Waals surface area contributed by atoms with Crippen LogP contribution in [-0.2, 0) is 6.18 Å². The van der Waals surface area contributed by atoms with Crippen LogP contribution in [0.3, 0.4) is 0 Å². The standard InChI is InChI=1S/C11H4F3N3O3/c12-11(13,14)8-7(10(18)19)20-9(17-8)6-2-1-5(3-15)4-16-6/h1-2,4H,(H,18,19). The van der Waals surface area contributed by atoms with Crippen molar-refractivity contribution in [2.75, 3.05) is 0 Å². The van der Waals surface area contributed by atoms with E-state index in [0.29, 0.717) is 0 Å². The van der Waals surface area contributed by atoms with Crippen LogP contribution < -0.4 is 0 Å². The highest BCUT2D eigenvalue weighted by atomic mass is 19.4. The highest BCUT2D eigenvalue weighted by Gasteiger charge is 2.41. The van der Waals surface area contributed by atoms with E-state index in [2.05, 4.69) is 14.4 Å². The van der Waals surface area contributed by atoms with Gasteiger partial charge in [-0.25, -0.2) is 14.8 Å². The second-order valence-electron chi connectivity index (χ2n) is 3.54. The molecular formula is C11H4F3N3O3. The Bertz CT molecular complexity index is 698. The summed E-state index contributed by atoms with van der Waals surface area (Å²) in [6, 6.07) is 4.27. The Morgan fingerprint density at radius 1 is 1.40 bits per heavy atom. The molecule has 0 fully saturated rings. The van der Waals surface area contributed by atoms with Gasteiger partial charge in [0.15, 0.2) is 5.69 Å². The van der Waals surface area contributed by atoms with E-state index in [1.165, 1.54) is 12.1 Å². The van der Waals surface area contributed by atoms with E-state index in [0.717, 1.165) is 6.20 Å². The summed E-state index contributed by atoms with van der Waals surface area (Å²) in [7, 11) is 0. The van der Waals surface area contributed by atoms with Crippen LogP contribution in [0.4, 0.5) is 13.2 Å². The maximum Gasteiger partial charge on any atom is 0.437 e. The number of carboxylic acids is 1. The van der Waals surface area contributed by atoms with Gasteiger partial charge >= 0.3 is 12.1 Å². The number of halogens is 3. The average molecular weight is 283 g/mol. The second-order valence-corrected chi connectivity index (χ2v) is 3.54. The Kier molecular flexibility index (Phi) is 3.15. The van der Waals surface area contributed by atoms with Gasteiger partial charge in [0.1, 0.15) is 11.8 Å². The van der Waals surface area contributed by atoms with Crippen LogP contribution in [-0.4, -0.2) is 21.0 Å². The third-order valence-electron chi connectivity index (χ3n) is 2.20. The van der Waals surface area contributed by atoms with E-state index in [4.69, 9.17) is 10.4 Å². The Morgan fingerprint density at radius 3 is 2.50 bits per heavy atom. The molecule has 1 N–H and O–H groups in total. The van der Waals surface area contributed by atoms with Gasteiger partial charge in [-0.3, -0.25) is 0 Å². The summed E-state index contributed by atoms with van der Waals surface area (Å²) in [5.41, 5.74) is -1.55. The van der Waals surface area contributed by atoms with Gasteiger partial charge in [-0.2, -0.15) is 18.4 Å². The number of nitrogens with zero attached hydrogens (tertiary/aromatic N) is 3. The molecular weight excluding hydrogens is 279 g/mol. The van der Waals surface area contributed by atoms with Crippen molar-refractivity contribution in [3.63, 3.8) is 0 Å². The summed E-state index contributed by atoms with van der Waals surface area (Å²) in [4.78, 5) is 17.5. The van der Waals surface area contributed by atoms with Gasteiger partial charge in [-0.1, -0.05) is 0 Å². The minimum absolute atomic E-state index is 0.109. The molecule has 102 valence electrons. The Balaban J connectivity index is 2.53. The normalized spacial score (nSPS) is 11.1. The zero-order valence-corrected chi connectivity index (χ0v) is 9.47. The van der Waals surface area contributed by atoms with Gasteiger partial charge in [0.25, 0.3) is 0 Å². The molecule has 0 amide bonds. The molecule has 6 nitrogen and oxygen atoms in total. The highest BCUT2D eigenvalue weighted by Crippen LogP contribution is 2.33. The molecule has 0 aromatic carbocycles. The zero-order chi connectivity index (χ0) is 14.9. The number of nitriles is 1. The SMILES string of the molecule is N#Cc1ccc(-c2nc(C(F)(F)F)c(C(=O)O)o2)nc1. The third kappa shape index (κ3) is 2.44. The largest absolute Gasteiger partial charge is 0.475 e. The summed E-state index contributed by atoms with van der Waals surface area (Å²) in [5.74, 6) is -3.78. The topological polar surface area (TPSA) is 100 Å². The molecule has 2 aromatic rings. The van der Waals surface area contributed by atoms with Crippen molar-refractivity contribution >= 4 is 5.97 Å². The van der Waals surface area contributed by atoms with Gasteiger partial charge in [0.05, 0.1) is 5.56 Å². The lowest BCUT2D eigenvalue weighted by molar-refractivity contribution is -0.141.